The van der Waals surface area contributed by atoms with Crippen LogP contribution in [0.2, 0.25) is 0 Å². The second kappa shape index (κ2) is 4.63. The summed E-state index contributed by atoms with van der Waals surface area (Å²) in [4.78, 5) is 0. The van der Waals surface area contributed by atoms with Crippen LogP contribution < -0.4 is 0 Å². The monoisotopic (exact) mass is 189 g/mol. The van der Waals surface area contributed by atoms with Gasteiger partial charge in [0.15, 0.2) is 0 Å². The smallest absolute Gasteiger partial charge is 0.0124 e. The quantitative estimate of drug-likeness (QED) is 0.656. The summed E-state index contributed by atoms with van der Waals surface area (Å²) >= 11 is 0. The van der Waals surface area contributed by atoms with E-state index in [2.05, 4.69) is 59.2 Å². The summed E-state index contributed by atoms with van der Waals surface area (Å²) in [6, 6.07) is 6.80. The molecule has 1 rings (SSSR count). The van der Waals surface area contributed by atoms with Crippen molar-refractivity contribution in [3.8, 4) is 0 Å². The zero-order valence-corrected chi connectivity index (χ0v) is 9.96. The maximum Gasteiger partial charge on any atom is -0.0124 e. The number of hydrogen-bond acceptors (Lipinski definition) is 0. The molecular weight excluding hydrogens is 168 g/mol. The van der Waals surface area contributed by atoms with Crippen LogP contribution in [-0.2, 0) is 0 Å². The van der Waals surface area contributed by atoms with Crippen LogP contribution in [-0.4, -0.2) is 0 Å². The largest absolute Gasteiger partial charge is 0.0587 e. The summed E-state index contributed by atoms with van der Waals surface area (Å²) < 4.78 is 0. The normalized spacial score (nSPS) is 11.4. The predicted octanol–water partition coefficient (Wildman–Crippen LogP) is 4.51. The van der Waals surface area contributed by atoms with E-state index in [1.54, 1.807) is 0 Å². The molecule has 77 valence electrons. The van der Waals surface area contributed by atoms with Gasteiger partial charge in [-0.15, -0.1) is 0 Å². The van der Waals surface area contributed by atoms with Crippen LogP contribution in [0.25, 0.3) is 0 Å². The highest BCUT2D eigenvalue weighted by atomic mass is 14.1. The Kier molecular flexibility index (Phi) is 3.74. The molecule has 0 aliphatic carbocycles. The average Bonchev–Trinajstić information content (AvgIpc) is 2.16. The third-order valence-electron chi connectivity index (χ3n) is 2.69. The first-order valence-corrected chi connectivity index (χ1v) is 5.49. The molecule has 0 spiro atoms. The Morgan fingerprint density at radius 3 is 1.93 bits per heavy atom. The van der Waals surface area contributed by atoms with Gasteiger partial charge >= 0.3 is 0 Å². The van der Waals surface area contributed by atoms with Crippen molar-refractivity contribution in [1.82, 2.24) is 0 Å². The standard InChI is InChI=1S/C14H21/c1-6-12-7-8-13(10(2)3)14(9-12)11(4)5/h6-11H,1-5H3. The fourth-order valence-corrected chi connectivity index (χ4v) is 1.80. The minimum Gasteiger partial charge on any atom is -0.0587 e. The molecule has 0 heterocycles. The maximum atomic E-state index is 2.32. The fourth-order valence-electron chi connectivity index (χ4n) is 1.80. The van der Waals surface area contributed by atoms with Crippen molar-refractivity contribution in [1.29, 1.82) is 0 Å². The lowest BCUT2D eigenvalue weighted by Gasteiger charge is -2.16. The van der Waals surface area contributed by atoms with Gasteiger partial charge in [-0.3, -0.25) is 0 Å². The summed E-state index contributed by atoms with van der Waals surface area (Å²) in [5, 5.41) is 0. The zero-order valence-electron chi connectivity index (χ0n) is 9.96. The lowest BCUT2D eigenvalue weighted by Crippen LogP contribution is -1.99. The molecule has 0 saturated carbocycles. The van der Waals surface area contributed by atoms with Crippen LogP contribution in [0.3, 0.4) is 0 Å². The van der Waals surface area contributed by atoms with Gasteiger partial charge in [0, 0.05) is 0 Å². The topological polar surface area (TPSA) is 0 Å². The van der Waals surface area contributed by atoms with Gasteiger partial charge in [0.1, 0.15) is 0 Å². The first kappa shape index (κ1) is 11.3. The summed E-state index contributed by atoms with van der Waals surface area (Å²) in [7, 11) is 0. The number of benzene rings is 1. The van der Waals surface area contributed by atoms with Crippen LogP contribution in [0, 0.1) is 6.42 Å². The fraction of sp³-hybridized carbons (Fsp3) is 0.500. The molecule has 0 aliphatic rings. The van der Waals surface area contributed by atoms with Crippen LogP contribution >= 0.6 is 0 Å². The second-order valence-corrected chi connectivity index (χ2v) is 4.49. The van der Waals surface area contributed by atoms with Gasteiger partial charge in [-0.25, -0.2) is 0 Å². The maximum absolute atomic E-state index is 2.32. The van der Waals surface area contributed by atoms with E-state index >= 15 is 0 Å². The van der Waals surface area contributed by atoms with E-state index in [0.717, 1.165) is 0 Å². The Hall–Kier alpha value is -0.780. The van der Waals surface area contributed by atoms with Crippen molar-refractivity contribution in [3.63, 3.8) is 0 Å². The molecule has 0 heteroatoms. The number of rotatable bonds is 3. The Balaban J connectivity index is 3.17. The van der Waals surface area contributed by atoms with Crippen LogP contribution in [0.4, 0.5) is 0 Å². The Labute approximate surface area is 88.4 Å². The molecule has 0 fully saturated rings. The molecule has 0 saturated heterocycles. The zero-order chi connectivity index (χ0) is 10.7. The van der Waals surface area contributed by atoms with Crippen molar-refractivity contribution in [3.05, 3.63) is 41.3 Å². The van der Waals surface area contributed by atoms with Crippen molar-refractivity contribution < 1.29 is 0 Å². The minimum absolute atomic E-state index is 0.618. The number of hydrogen-bond donors (Lipinski definition) is 0. The second-order valence-electron chi connectivity index (χ2n) is 4.49. The molecule has 1 aromatic carbocycles. The molecule has 0 N–H and O–H groups in total. The molecule has 0 aliphatic heterocycles. The van der Waals surface area contributed by atoms with Gasteiger partial charge in [0.2, 0.25) is 0 Å². The van der Waals surface area contributed by atoms with Crippen molar-refractivity contribution in [2.45, 2.75) is 46.5 Å². The highest BCUT2D eigenvalue weighted by Gasteiger charge is 2.09. The van der Waals surface area contributed by atoms with Crippen LogP contribution in [0.5, 0.6) is 0 Å². The Morgan fingerprint density at radius 1 is 0.929 bits per heavy atom. The van der Waals surface area contributed by atoms with Crippen LogP contribution in [0.15, 0.2) is 18.2 Å². The molecule has 14 heavy (non-hydrogen) atoms. The SMILES string of the molecule is C[CH]c1ccc(C(C)C)c(C(C)C)c1. The third kappa shape index (κ3) is 2.37. The van der Waals surface area contributed by atoms with E-state index in [4.69, 9.17) is 0 Å². The van der Waals surface area contributed by atoms with Gasteiger partial charge in [-0.05, 0) is 34.9 Å². The van der Waals surface area contributed by atoms with Gasteiger partial charge < -0.3 is 0 Å². The van der Waals surface area contributed by atoms with E-state index < -0.39 is 0 Å². The van der Waals surface area contributed by atoms with Gasteiger partial charge in [-0.1, -0.05) is 52.8 Å². The molecule has 0 nitrogen and oxygen atoms in total. The first-order chi connectivity index (χ1) is 6.56. The lowest BCUT2D eigenvalue weighted by atomic mass is 9.89. The predicted molar refractivity (Wildman–Crippen MR) is 63.7 cm³/mol. The summed E-state index contributed by atoms with van der Waals surface area (Å²) in [5.74, 6) is 1.24. The van der Waals surface area contributed by atoms with E-state index in [9.17, 15) is 0 Å². The van der Waals surface area contributed by atoms with E-state index in [0.29, 0.717) is 11.8 Å². The Morgan fingerprint density at radius 2 is 1.50 bits per heavy atom. The lowest BCUT2D eigenvalue weighted by molar-refractivity contribution is 0.789. The highest BCUT2D eigenvalue weighted by Crippen LogP contribution is 2.27. The highest BCUT2D eigenvalue weighted by molar-refractivity contribution is 5.38. The first-order valence-electron chi connectivity index (χ1n) is 5.49. The van der Waals surface area contributed by atoms with Gasteiger partial charge in [-0.2, -0.15) is 0 Å². The minimum atomic E-state index is 0.618. The average molecular weight is 189 g/mol. The molecule has 0 amide bonds. The summed E-state index contributed by atoms with van der Waals surface area (Å²) in [6.45, 7) is 11.1. The van der Waals surface area contributed by atoms with Gasteiger partial charge in [0.05, 0.1) is 0 Å². The molecule has 1 aromatic rings. The Bertz CT molecular complexity index is 295. The molecule has 0 atom stereocenters. The molecular formula is C14H21. The van der Waals surface area contributed by atoms with Crippen molar-refractivity contribution in [2.24, 2.45) is 0 Å². The molecule has 0 bridgehead atoms. The van der Waals surface area contributed by atoms with Crippen molar-refractivity contribution >= 4 is 0 Å². The van der Waals surface area contributed by atoms with E-state index in [1.165, 1.54) is 16.7 Å². The third-order valence-corrected chi connectivity index (χ3v) is 2.69. The van der Waals surface area contributed by atoms with E-state index in [1.807, 2.05) is 0 Å². The summed E-state index contributed by atoms with van der Waals surface area (Å²) in [6.07, 6.45) is 2.16. The molecule has 0 unspecified atom stereocenters. The molecule has 1 radical (unpaired) electrons. The van der Waals surface area contributed by atoms with Gasteiger partial charge in [0.25, 0.3) is 0 Å². The molecule has 0 aromatic heterocycles. The van der Waals surface area contributed by atoms with Crippen molar-refractivity contribution in [2.75, 3.05) is 0 Å². The summed E-state index contributed by atoms with van der Waals surface area (Å²) in [5.41, 5.74) is 4.32. The van der Waals surface area contributed by atoms with Crippen LogP contribution in [0.1, 0.15) is 63.1 Å². The van der Waals surface area contributed by atoms with E-state index in [-0.39, 0.29) is 0 Å².